The van der Waals surface area contributed by atoms with Gasteiger partial charge in [-0.15, -0.1) is 0 Å². The van der Waals surface area contributed by atoms with E-state index < -0.39 is 11.0 Å². The van der Waals surface area contributed by atoms with Crippen molar-refractivity contribution in [2.24, 2.45) is 5.92 Å². The van der Waals surface area contributed by atoms with Crippen LogP contribution in [0.25, 0.3) is 0 Å². The predicted molar refractivity (Wildman–Crippen MR) is 79.0 cm³/mol. The minimum atomic E-state index is -1.07. The molecule has 0 saturated carbocycles. The van der Waals surface area contributed by atoms with Crippen LogP contribution in [0.3, 0.4) is 0 Å². The van der Waals surface area contributed by atoms with E-state index in [1.54, 1.807) is 0 Å². The lowest BCUT2D eigenvalue weighted by molar-refractivity contribution is 0.257. The SMILES string of the molecule is C[C@@H]1CN(S(=O)C(C)(C)C)[C@@H](CCO)/C1=C\CCO. The molecule has 1 aliphatic rings. The van der Waals surface area contributed by atoms with Crippen molar-refractivity contribution >= 4 is 11.0 Å². The molecule has 1 unspecified atom stereocenters. The van der Waals surface area contributed by atoms with E-state index in [2.05, 4.69) is 6.92 Å². The van der Waals surface area contributed by atoms with E-state index in [-0.39, 0.29) is 24.0 Å². The van der Waals surface area contributed by atoms with Crippen molar-refractivity contribution in [3.05, 3.63) is 11.6 Å². The van der Waals surface area contributed by atoms with E-state index in [1.807, 2.05) is 31.2 Å². The van der Waals surface area contributed by atoms with Crippen LogP contribution in [0.2, 0.25) is 0 Å². The summed E-state index contributed by atoms with van der Waals surface area (Å²) < 4.78 is 14.3. The Morgan fingerprint density at radius 3 is 2.47 bits per heavy atom. The lowest BCUT2D eigenvalue weighted by atomic mass is 9.97. The van der Waals surface area contributed by atoms with Crippen LogP contribution in [0.5, 0.6) is 0 Å². The first-order valence-electron chi connectivity index (χ1n) is 6.93. The fraction of sp³-hybridized carbons (Fsp3) is 0.857. The Hall–Kier alpha value is -0.230. The second-order valence-electron chi connectivity index (χ2n) is 6.11. The fourth-order valence-electron chi connectivity index (χ4n) is 2.53. The number of nitrogens with zero attached hydrogens (tertiary/aromatic N) is 1. The molecule has 1 saturated heterocycles. The first-order valence-corrected chi connectivity index (χ1v) is 8.04. The maximum atomic E-state index is 12.6. The molecule has 2 N–H and O–H groups in total. The van der Waals surface area contributed by atoms with Crippen LogP contribution < -0.4 is 0 Å². The second kappa shape index (κ2) is 6.97. The van der Waals surface area contributed by atoms with Crippen LogP contribution in [-0.4, -0.2) is 49.3 Å². The molecular formula is C14H27NO3S. The molecule has 1 aliphatic heterocycles. The first kappa shape index (κ1) is 16.8. The Morgan fingerprint density at radius 1 is 1.37 bits per heavy atom. The van der Waals surface area contributed by atoms with Gasteiger partial charge in [0, 0.05) is 25.8 Å². The molecule has 1 heterocycles. The summed E-state index contributed by atoms with van der Waals surface area (Å²) in [7, 11) is -1.07. The van der Waals surface area contributed by atoms with Gasteiger partial charge in [-0.05, 0) is 39.5 Å². The minimum Gasteiger partial charge on any atom is -0.396 e. The standard InChI is InChI=1S/C14H27NO3S/c1-11-10-15(19(18)14(2,3)4)13(7-9-17)12(11)6-5-8-16/h6,11,13,16-17H,5,7-10H2,1-4H3/b12-6-/t11-,13+,19?/m1/s1. The third kappa shape index (κ3) is 4.12. The highest BCUT2D eigenvalue weighted by Crippen LogP contribution is 2.35. The molecule has 0 bridgehead atoms. The van der Waals surface area contributed by atoms with Gasteiger partial charge in [0.15, 0.2) is 0 Å². The molecule has 0 amide bonds. The van der Waals surface area contributed by atoms with Gasteiger partial charge in [-0.1, -0.05) is 18.6 Å². The zero-order valence-corrected chi connectivity index (χ0v) is 13.2. The molecule has 19 heavy (non-hydrogen) atoms. The van der Waals surface area contributed by atoms with Gasteiger partial charge < -0.3 is 10.2 Å². The minimum absolute atomic E-state index is 0.0339. The molecule has 1 rings (SSSR count). The third-order valence-electron chi connectivity index (χ3n) is 3.40. The van der Waals surface area contributed by atoms with Gasteiger partial charge in [0.05, 0.1) is 4.75 Å². The van der Waals surface area contributed by atoms with Crippen LogP contribution in [0.1, 0.15) is 40.5 Å². The normalized spacial score (nSPS) is 29.1. The van der Waals surface area contributed by atoms with Gasteiger partial charge in [-0.25, -0.2) is 8.51 Å². The Balaban J connectivity index is 2.97. The summed E-state index contributed by atoms with van der Waals surface area (Å²) in [6.07, 6.45) is 3.27. The molecule has 0 aromatic rings. The molecule has 4 nitrogen and oxygen atoms in total. The lowest BCUT2D eigenvalue weighted by Crippen LogP contribution is -2.41. The Bertz CT molecular complexity index is 349. The van der Waals surface area contributed by atoms with Crippen molar-refractivity contribution in [2.45, 2.75) is 51.3 Å². The second-order valence-corrected chi connectivity index (χ2v) is 8.30. The zero-order chi connectivity index (χ0) is 14.6. The van der Waals surface area contributed by atoms with Crippen LogP contribution in [0, 0.1) is 5.92 Å². The van der Waals surface area contributed by atoms with Crippen molar-refractivity contribution in [2.75, 3.05) is 19.8 Å². The summed E-state index contributed by atoms with van der Waals surface area (Å²) in [6.45, 7) is 9.01. The molecule has 0 spiro atoms. The van der Waals surface area contributed by atoms with Crippen molar-refractivity contribution in [3.63, 3.8) is 0 Å². The van der Waals surface area contributed by atoms with E-state index >= 15 is 0 Å². The van der Waals surface area contributed by atoms with Gasteiger partial charge in [0.25, 0.3) is 0 Å². The van der Waals surface area contributed by atoms with Crippen LogP contribution in [-0.2, 0) is 11.0 Å². The van der Waals surface area contributed by atoms with E-state index in [1.165, 1.54) is 5.57 Å². The van der Waals surface area contributed by atoms with Crippen LogP contribution in [0.15, 0.2) is 11.6 Å². The Kier molecular flexibility index (Phi) is 6.17. The van der Waals surface area contributed by atoms with Crippen molar-refractivity contribution < 1.29 is 14.4 Å². The molecular weight excluding hydrogens is 262 g/mol. The van der Waals surface area contributed by atoms with Crippen LogP contribution in [0.4, 0.5) is 0 Å². The molecule has 0 radical (unpaired) electrons. The number of rotatable bonds is 5. The van der Waals surface area contributed by atoms with E-state index in [9.17, 15) is 9.32 Å². The molecule has 0 aliphatic carbocycles. The van der Waals surface area contributed by atoms with Crippen LogP contribution >= 0.6 is 0 Å². The average Bonchev–Trinajstić information content (AvgIpc) is 2.62. The summed E-state index contributed by atoms with van der Waals surface area (Å²) >= 11 is 0. The van der Waals surface area contributed by atoms with E-state index in [4.69, 9.17) is 5.11 Å². The van der Waals surface area contributed by atoms with Crippen molar-refractivity contribution in [3.8, 4) is 0 Å². The molecule has 3 atom stereocenters. The maximum Gasteiger partial charge on any atom is 0.100 e. The topological polar surface area (TPSA) is 60.8 Å². The van der Waals surface area contributed by atoms with Crippen molar-refractivity contribution in [1.82, 2.24) is 4.31 Å². The third-order valence-corrected chi connectivity index (χ3v) is 5.28. The number of hydrogen-bond donors (Lipinski definition) is 2. The molecule has 112 valence electrons. The van der Waals surface area contributed by atoms with Gasteiger partial charge in [0.1, 0.15) is 11.0 Å². The molecule has 0 aromatic heterocycles. The molecule has 1 fully saturated rings. The zero-order valence-electron chi connectivity index (χ0n) is 12.4. The molecule has 0 aromatic carbocycles. The number of hydrogen-bond acceptors (Lipinski definition) is 3. The number of aliphatic hydroxyl groups is 2. The Labute approximate surface area is 119 Å². The smallest absolute Gasteiger partial charge is 0.100 e. The van der Waals surface area contributed by atoms with Gasteiger partial charge in [-0.2, -0.15) is 0 Å². The summed E-state index contributed by atoms with van der Waals surface area (Å²) in [5.74, 6) is 0.328. The number of aliphatic hydroxyl groups excluding tert-OH is 2. The largest absolute Gasteiger partial charge is 0.396 e. The monoisotopic (exact) mass is 289 g/mol. The first-order chi connectivity index (χ1) is 8.82. The highest BCUT2D eigenvalue weighted by molar-refractivity contribution is 7.84. The Morgan fingerprint density at radius 2 is 2.00 bits per heavy atom. The molecule has 5 heteroatoms. The van der Waals surface area contributed by atoms with Crippen molar-refractivity contribution in [1.29, 1.82) is 0 Å². The van der Waals surface area contributed by atoms with E-state index in [0.717, 1.165) is 6.54 Å². The summed E-state index contributed by atoms with van der Waals surface area (Å²) in [5.41, 5.74) is 1.21. The maximum absolute atomic E-state index is 12.6. The van der Waals surface area contributed by atoms with E-state index in [0.29, 0.717) is 18.8 Å². The summed E-state index contributed by atoms with van der Waals surface area (Å²) in [6, 6.07) is 0.0339. The predicted octanol–water partition coefficient (Wildman–Crippen LogP) is 1.46. The summed E-state index contributed by atoms with van der Waals surface area (Å²) in [4.78, 5) is 0. The van der Waals surface area contributed by atoms with Gasteiger partial charge in [0.2, 0.25) is 0 Å². The van der Waals surface area contributed by atoms with Gasteiger partial charge in [-0.3, -0.25) is 0 Å². The fourth-order valence-corrected chi connectivity index (χ4v) is 4.05. The highest BCUT2D eigenvalue weighted by Gasteiger charge is 2.40. The van der Waals surface area contributed by atoms with Gasteiger partial charge >= 0.3 is 0 Å². The average molecular weight is 289 g/mol. The quantitative estimate of drug-likeness (QED) is 0.753. The highest BCUT2D eigenvalue weighted by atomic mass is 32.2. The summed E-state index contributed by atoms with van der Waals surface area (Å²) in [5, 5.41) is 18.2. The lowest BCUT2D eigenvalue weighted by Gasteiger charge is -2.30.